The summed E-state index contributed by atoms with van der Waals surface area (Å²) in [6.07, 6.45) is 4.58. The van der Waals surface area contributed by atoms with Crippen LogP contribution in [-0.4, -0.2) is 55.3 Å². The first-order valence-corrected chi connectivity index (χ1v) is 15.2. The zero-order valence-electron chi connectivity index (χ0n) is 22.4. The molecule has 0 aliphatic carbocycles. The number of aromatic nitrogens is 6. The predicted octanol–water partition coefficient (Wildman–Crippen LogP) is 5.78. The van der Waals surface area contributed by atoms with Crippen LogP contribution in [0.5, 0.6) is 5.75 Å². The summed E-state index contributed by atoms with van der Waals surface area (Å²) < 4.78 is 13.8. The number of hydrogen-bond donors (Lipinski definition) is 1. The summed E-state index contributed by atoms with van der Waals surface area (Å²) in [6, 6.07) is 17.1. The number of benzene rings is 2. The van der Waals surface area contributed by atoms with Gasteiger partial charge in [0.2, 0.25) is 5.95 Å². The van der Waals surface area contributed by atoms with Gasteiger partial charge in [0.05, 0.1) is 18.8 Å². The van der Waals surface area contributed by atoms with Crippen LogP contribution in [-0.2, 0) is 9.53 Å². The highest BCUT2D eigenvalue weighted by atomic mass is 32.2. The molecule has 0 spiro atoms. The van der Waals surface area contributed by atoms with Crippen molar-refractivity contribution in [3.63, 3.8) is 0 Å². The molecule has 0 saturated heterocycles. The summed E-state index contributed by atoms with van der Waals surface area (Å²) in [4.78, 5) is 13.4. The Labute approximate surface area is 241 Å². The molecule has 4 aromatic rings. The molecular weight excluding hydrogens is 546 g/mol. The average molecular weight is 578 g/mol. The molecule has 0 bridgehead atoms. The third kappa shape index (κ3) is 6.50. The Balaban J connectivity index is 1.39. The normalized spacial score (nSPS) is 14.5. The van der Waals surface area contributed by atoms with Gasteiger partial charge in [0, 0.05) is 17.0 Å². The molecule has 208 valence electrons. The Kier molecular flexibility index (Phi) is 9.40. The van der Waals surface area contributed by atoms with E-state index in [9.17, 15) is 4.79 Å². The van der Waals surface area contributed by atoms with Gasteiger partial charge < -0.3 is 14.8 Å². The van der Waals surface area contributed by atoms with Crippen LogP contribution in [0.2, 0.25) is 0 Å². The first kappa shape index (κ1) is 27.8. The summed E-state index contributed by atoms with van der Waals surface area (Å²) in [6.45, 7) is 4.91. The fourth-order valence-corrected chi connectivity index (χ4v) is 6.20. The Morgan fingerprint density at radius 1 is 1.02 bits per heavy atom. The van der Waals surface area contributed by atoms with E-state index in [-0.39, 0.29) is 6.61 Å². The summed E-state index contributed by atoms with van der Waals surface area (Å²) in [5.41, 5.74) is 2.99. The third-order valence-corrected chi connectivity index (χ3v) is 8.46. The van der Waals surface area contributed by atoms with Crippen LogP contribution >= 0.6 is 23.1 Å². The van der Waals surface area contributed by atoms with E-state index in [0.29, 0.717) is 29.6 Å². The molecular formula is C28H31N7O3S2. The Morgan fingerprint density at radius 3 is 2.62 bits per heavy atom. The van der Waals surface area contributed by atoms with Crippen molar-refractivity contribution in [2.75, 3.05) is 24.3 Å². The lowest BCUT2D eigenvalue weighted by atomic mass is 9.95. The molecule has 0 saturated carbocycles. The van der Waals surface area contributed by atoms with E-state index in [4.69, 9.17) is 9.47 Å². The Hall–Kier alpha value is -3.77. The van der Waals surface area contributed by atoms with Crippen LogP contribution in [0.25, 0.3) is 10.6 Å². The van der Waals surface area contributed by atoms with Crippen LogP contribution in [0.3, 0.4) is 0 Å². The number of thioether (sulfide) groups is 1. The van der Waals surface area contributed by atoms with Gasteiger partial charge in [-0.25, -0.2) is 4.79 Å². The number of tetrazole rings is 1. The molecule has 0 radical (unpaired) electrons. The van der Waals surface area contributed by atoms with E-state index in [1.807, 2.05) is 54.6 Å². The lowest BCUT2D eigenvalue weighted by Crippen LogP contribution is -2.31. The summed E-state index contributed by atoms with van der Waals surface area (Å²) in [5, 5.41) is 25.0. The standard InChI is InChI=1S/C28H31N7O3S2/c1-3-5-6-10-17-38-21-15-13-19(14-16-21)24-23(26(36)37-4-2)22(29-27-31-33-34-35(24)27)18-39-28-32-30-25(40-28)20-11-8-7-9-12-20/h7-9,11-16,24H,3-6,10,17-18H2,1-2H3,(H,29,31,34). The average Bonchev–Trinajstić information content (AvgIpc) is 3.66. The van der Waals surface area contributed by atoms with E-state index < -0.39 is 12.0 Å². The van der Waals surface area contributed by atoms with Gasteiger partial charge >= 0.3 is 5.97 Å². The van der Waals surface area contributed by atoms with Gasteiger partial charge in [0.15, 0.2) is 4.34 Å². The van der Waals surface area contributed by atoms with E-state index in [0.717, 1.165) is 39.1 Å². The lowest BCUT2D eigenvalue weighted by Gasteiger charge is -2.28. The molecule has 0 fully saturated rings. The van der Waals surface area contributed by atoms with Gasteiger partial charge in [-0.2, -0.15) is 4.68 Å². The number of carbonyl (C=O) groups is 1. The third-order valence-electron chi connectivity index (χ3n) is 6.32. The fourth-order valence-electron chi connectivity index (χ4n) is 4.37. The monoisotopic (exact) mass is 577 g/mol. The largest absolute Gasteiger partial charge is 0.494 e. The molecule has 1 unspecified atom stereocenters. The van der Waals surface area contributed by atoms with Gasteiger partial charge in [-0.3, -0.25) is 0 Å². The minimum atomic E-state index is -0.561. The maximum absolute atomic E-state index is 13.4. The Morgan fingerprint density at radius 2 is 1.85 bits per heavy atom. The molecule has 2 aromatic carbocycles. The van der Waals surface area contributed by atoms with Crippen LogP contribution in [0.1, 0.15) is 51.1 Å². The predicted molar refractivity (Wildman–Crippen MR) is 155 cm³/mol. The van der Waals surface area contributed by atoms with Crippen molar-refractivity contribution in [1.29, 1.82) is 0 Å². The van der Waals surface area contributed by atoms with Crippen LogP contribution in [0.15, 0.2) is 70.2 Å². The van der Waals surface area contributed by atoms with Gasteiger partial charge in [-0.05, 0) is 41.5 Å². The summed E-state index contributed by atoms with van der Waals surface area (Å²) in [7, 11) is 0. The number of nitrogens with zero attached hydrogens (tertiary/aromatic N) is 6. The maximum atomic E-state index is 13.4. The van der Waals surface area contributed by atoms with Crippen molar-refractivity contribution in [3.8, 4) is 16.3 Å². The summed E-state index contributed by atoms with van der Waals surface area (Å²) in [5.74, 6) is 1.25. The number of esters is 1. The van der Waals surface area contributed by atoms with Gasteiger partial charge in [0.25, 0.3) is 0 Å². The molecule has 40 heavy (non-hydrogen) atoms. The fraction of sp³-hybridized carbons (Fsp3) is 0.357. The minimum absolute atomic E-state index is 0.250. The highest BCUT2D eigenvalue weighted by molar-refractivity contribution is 8.01. The number of ether oxygens (including phenoxy) is 2. The molecule has 1 aliphatic rings. The zero-order valence-corrected chi connectivity index (χ0v) is 24.1. The molecule has 1 N–H and O–H groups in total. The molecule has 12 heteroatoms. The zero-order chi connectivity index (χ0) is 27.7. The molecule has 1 atom stereocenters. The maximum Gasteiger partial charge on any atom is 0.338 e. The quantitative estimate of drug-likeness (QED) is 0.119. The molecule has 3 heterocycles. The van der Waals surface area contributed by atoms with Crippen molar-refractivity contribution in [2.24, 2.45) is 0 Å². The van der Waals surface area contributed by atoms with Crippen molar-refractivity contribution in [2.45, 2.75) is 49.9 Å². The Bertz CT molecular complexity index is 1440. The van der Waals surface area contributed by atoms with Gasteiger partial charge in [-0.15, -0.1) is 10.2 Å². The van der Waals surface area contributed by atoms with Gasteiger partial charge in [0.1, 0.15) is 16.8 Å². The van der Waals surface area contributed by atoms with Crippen LogP contribution in [0, 0.1) is 0 Å². The highest BCUT2D eigenvalue weighted by Gasteiger charge is 2.36. The van der Waals surface area contributed by atoms with E-state index in [1.54, 1.807) is 11.6 Å². The number of carbonyl (C=O) groups excluding carboxylic acids is 1. The number of rotatable bonds is 13. The lowest BCUT2D eigenvalue weighted by molar-refractivity contribution is -0.139. The molecule has 10 nitrogen and oxygen atoms in total. The minimum Gasteiger partial charge on any atom is -0.494 e. The summed E-state index contributed by atoms with van der Waals surface area (Å²) >= 11 is 3.00. The van der Waals surface area contributed by atoms with Crippen molar-refractivity contribution in [3.05, 3.63) is 71.4 Å². The highest BCUT2D eigenvalue weighted by Crippen LogP contribution is 2.38. The van der Waals surface area contributed by atoms with Gasteiger partial charge in [-0.1, -0.05) is 96.8 Å². The molecule has 2 aromatic heterocycles. The second-order valence-electron chi connectivity index (χ2n) is 9.09. The number of fused-ring (bicyclic) bond motifs is 1. The molecule has 5 rings (SSSR count). The van der Waals surface area contributed by atoms with Crippen molar-refractivity contribution < 1.29 is 14.3 Å². The number of hydrogen-bond acceptors (Lipinski definition) is 11. The van der Waals surface area contributed by atoms with Crippen molar-refractivity contribution in [1.82, 2.24) is 30.4 Å². The smallest absolute Gasteiger partial charge is 0.338 e. The first-order valence-electron chi connectivity index (χ1n) is 13.4. The van der Waals surface area contributed by atoms with E-state index >= 15 is 0 Å². The topological polar surface area (TPSA) is 117 Å². The second kappa shape index (κ2) is 13.5. The SMILES string of the molecule is CCCCCCOc1ccc(C2C(C(=O)OCC)=C(CSc3nnc(-c4ccccc4)s3)Nc3nnnn32)cc1. The van der Waals surface area contributed by atoms with E-state index in [1.165, 1.54) is 35.9 Å². The number of nitrogens with one attached hydrogen (secondary N) is 1. The van der Waals surface area contributed by atoms with Crippen LogP contribution < -0.4 is 10.1 Å². The number of unbranched alkanes of at least 4 members (excludes halogenated alkanes) is 3. The van der Waals surface area contributed by atoms with Crippen molar-refractivity contribution >= 4 is 35.0 Å². The number of anilines is 1. The molecule has 0 amide bonds. The van der Waals surface area contributed by atoms with E-state index in [2.05, 4.69) is 38.0 Å². The molecule has 1 aliphatic heterocycles. The van der Waals surface area contributed by atoms with Crippen LogP contribution in [0.4, 0.5) is 5.95 Å². The first-order chi connectivity index (χ1) is 19.7. The second-order valence-corrected chi connectivity index (χ2v) is 11.3.